The second-order valence-electron chi connectivity index (χ2n) is 6.41. The number of alkyl halides is 3. The molecule has 1 atom stereocenters. The average molecular weight is 380 g/mol. The first-order valence-corrected chi connectivity index (χ1v) is 8.11. The van der Waals surface area contributed by atoms with Crippen LogP contribution in [0.2, 0.25) is 0 Å². The van der Waals surface area contributed by atoms with Crippen molar-refractivity contribution >= 4 is 11.6 Å². The number of rotatable bonds is 3. The molecule has 0 unspecified atom stereocenters. The van der Waals surface area contributed by atoms with Gasteiger partial charge < -0.3 is 5.11 Å². The summed E-state index contributed by atoms with van der Waals surface area (Å²) >= 11 is 0. The fourth-order valence-electron chi connectivity index (χ4n) is 2.79. The minimum Gasteiger partial charge on any atom is -0.362 e. The average Bonchev–Trinajstić information content (AvgIpc) is 2.97. The summed E-state index contributed by atoms with van der Waals surface area (Å²) in [5.74, 6) is -1.55. The van der Waals surface area contributed by atoms with Crippen LogP contribution in [-0.4, -0.2) is 33.6 Å². The van der Waals surface area contributed by atoms with E-state index in [9.17, 15) is 27.5 Å². The molecule has 1 aliphatic heterocycles. The van der Waals surface area contributed by atoms with E-state index < -0.39 is 30.0 Å². The van der Waals surface area contributed by atoms with Crippen molar-refractivity contribution in [1.82, 2.24) is 5.01 Å². The van der Waals surface area contributed by atoms with Crippen LogP contribution in [0.3, 0.4) is 0 Å². The summed E-state index contributed by atoms with van der Waals surface area (Å²) in [7, 11) is 0. The van der Waals surface area contributed by atoms with Crippen LogP contribution in [0.4, 0.5) is 17.6 Å². The lowest BCUT2D eigenvalue weighted by atomic mass is 10.0. The van der Waals surface area contributed by atoms with E-state index in [4.69, 9.17) is 0 Å². The van der Waals surface area contributed by atoms with E-state index in [1.807, 2.05) is 6.92 Å². The highest BCUT2D eigenvalue weighted by Gasteiger charge is 2.63. The molecule has 0 aromatic heterocycles. The number of halogens is 4. The molecule has 27 heavy (non-hydrogen) atoms. The van der Waals surface area contributed by atoms with Crippen molar-refractivity contribution in [3.63, 3.8) is 0 Å². The Balaban J connectivity index is 1.93. The van der Waals surface area contributed by atoms with Crippen LogP contribution in [0.25, 0.3) is 0 Å². The number of aryl methyl sites for hydroxylation is 1. The monoisotopic (exact) mass is 380 g/mol. The molecule has 4 nitrogen and oxygen atoms in total. The molecule has 0 bridgehead atoms. The Labute approximate surface area is 152 Å². The van der Waals surface area contributed by atoms with Gasteiger partial charge >= 0.3 is 6.18 Å². The molecular formula is C19H16F4N2O2. The number of hydrazone groups is 1. The first-order chi connectivity index (χ1) is 12.6. The summed E-state index contributed by atoms with van der Waals surface area (Å²) in [6, 6.07) is 11.4. The maximum Gasteiger partial charge on any atom is 0.438 e. The molecule has 142 valence electrons. The van der Waals surface area contributed by atoms with E-state index in [1.165, 1.54) is 12.1 Å². The molecule has 2 aromatic rings. The van der Waals surface area contributed by atoms with Crippen molar-refractivity contribution in [3.8, 4) is 0 Å². The Morgan fingerprint density at radius 2 is 1.74 bits per heavy atom. The Bertz CT molecular complexity index is 876. The van der Waals surface area contributed by atoms with Crippen molar-refractivity contribution < 1.29 is 27.5 Å². The summed E-state index contributed by atoms with van der Waals surface area (Å²) < 4.78 is 53.6. The van der Waals surface area contributed by atoms with Crippen molar-refractivity contribution in [1.29, 1.82) is 0 Å². The Hall–Kier alpha value is -2.74. The molecule has 3 rings (SSSR count). The maximum absolute atomic E-state index is 13.5. The SMILES string of the molecule is Cc1ccc(CC(=O)N2N=C(c3ccc(F)cc3)C[C@@]2(O)C(F)(F)F)cc1. The second-order valence-corrected chi connectivity index (χ2v) is 6.41. The van der Waals surface area contributed by atoms with E-state index in [0.717, 1.165) is 17.7 Å². The van der Waals surface area contributed by atoms with Gasteiger partial charge in [0, 0.05) is 0 Å². The first kappa shape index (κ1) is 19.0. The van der Waals surface area contributed by atoms with Crippen LogP contribution in [0.5, 0.6) is 0 Å². The fourth-order valence-corrected chi connectivity index (χ4v) is 2.79. The fraction of sp³-hybridized carbons (Fsp3) is 0.263. The van der Waals surface area contributed by atoms with Gasteiger partial charge in [-0.05, 0) is 30.2 Å². The molecule has 1 aliphatic rings. The largest absolute Gasteiger partial charge is 0.438 e. The molecular weight excluding hydrogens is 364 g/mol. The van der Waals surface area contributed by atoms with E-state index in [1.54, 1.807) is 24.3 Å². The molecule has 0 spiro atoms. The van der Waals surface area contributed by atoms with Crippen LogP contribution in [0.1, 0.15) is 23.1 Å². The van der Waals surface area contributed by atoms with Crippen LogP contribution in [0.15, 0.2) is 53.6 Å². The lowest BCUT2D eigenvalue weighted by Crippen LogP contribution is -2.57. The zero-order valence-electron chi connectivity index (χ0n) is 14.3. The number of nitrogens with zero attached hydrogens (tertiary/aromatic N) is 2. The van der Waals surface area contributed by atoms with E-state index in [2.05, 4.69) is 5.10 Å². The van der Waals surface area contributed by atoms with Gasteiger partial charge in [-0.15, -0.1) is 0 Å². The Morgan fingerprint density at radius 1 is 1.15 bits per heavy atom. The van der Waals surface area contributed by atoms with E-state index in [0.29, 0.717) is 5.56 Å². The number of amides is 1. The molecule has 2 aromatic carbocycles. The topological polar surface area (TPSA) is 52.9 Å². The highest BCUT2D eigenvalue weighted by atomic mass is 19.4. The molecule has 0 saturated carbocycles. The summed E-state index contributed by atoms with van der Waals surface area (Å²) in [4.78, 5) is 12.5. The first-order valence-electron chi connectivity index (χ1n) is 8.11. The predicted octanol–water partition coefficient (Wildman–Crippen LogP) is 3.56. The van der Waals surface area contributed by atoms with Gasteiger partial charge in [0.05, 0.1) is 18.6 Å². The number of hydrogen-bond acceptors (Lipinski definition) is 3. The van der Waals surface area contributed by atoms with Gasteiger partial charge in [0.2, 0.25) is 5.91 Å². The molecule has 1 heterocycles. The number of carbonyl (C=O) groups excluding carboxylic acids is 1. The van der Waals surface area contributed by atoms with Gasteiger partial charge in [0.15, 0.2) is 0 Å². The minimum absolute atomic E-state index is 0.0888. The molecule has 0 fully saturated rings. The summed E-state index contributed by atoms with van der Waals surface area (Å²) in [6.07, 6.45) is -6.39. The van der Waals surface area contributed by atoms with Gasteiger partial charge in [-0.2, -0.15) is 23.3 Å². The smallest absolute Gasteiger partial charge is 0.362 e. The summed E-state index contributed by atoms with van der Waals surface area (Å²) in [5, 5.41) is 14.1. The van der Waals surface area contributed by atoms with Gasteiger partial charge in [-0.3, -0.25) is 4.79 Å². The third-order valence-corrected chi connectivity index (χ3v) is 4.33. The summed E-state index contributed by atoms with van der Waals surface area (Å²) in [5.41, 5.74) is -1.95. The van der Waals surface area contributed by atoms with Gasteiger partial charge in [0.25, 0.3) is 5.72 Å². The van der Waals surface area contributed by atoms with Crippen LogP contribution < -0.4 is 0 Å². The zero-order valence-corrected chi connectivity index (χ0v) is 14.3. The predicted molar refractivity (Wildman–Crippen MR) is 90.3 cm³/mol. The second kappa shape index (κ2) is 6.77. The van der Waals surface area contributed by atoms with Crippen molar-refractivity contribution in [3.05, 3.63) is 71.0 Å². The lowest BCUT2D eigenvalue weighted by molar-refractivity contribution is -0.302. The van der Waals surface area contributed by atoms with Gasteiger partial charge in [-0.25, -0.2) is 4.39 Å². The van der Waals surface area contributed by atoms with Gasteiger partial charge in [-0.1, -0.05) is 42.0 Å². The molecule has 1 amide bonds. The van der Waals surface area contributed by atoms with Crippen LogP contribution in [-0.2, 0) is 11.2 Å². The standard InChI is InChI=1S/C19H16F4N2O2/c1-12-2-4-13(5-3-12)10-17(26)25-18(27,19(21,22)23)11-16(24-25)14-6-8-15(20)9-7-14/h2-9,27H,10-11H2,1H3/t18-/m1/s1. The number of aliphatic hydroxyl groups is 1. The van der Waals surface area contributed by atoms with Crippen molar-refractivity contribution in [2.24, 2.45) is 5.10 Å². The highest BCUT2D eigenvalue weighted by molar-refractivity contribution is 6.03. The molecule has 0 saturated heterocycles. The number of carbonyl (C=O) groups is 1. The number of hydrogen-bond donors (Lipinski definition) is 1. The number of benzene rings is 2. The van der Waals surface area contributed by atoms with Gasteiger partial charge in [0.1, 0.15) is 5.82 Å². The van der Waals surface area contributed by atoms with Crippen LogP contribution in [0, 0.1) is 12.7 Å². The van der Waals surface area contributed by atoms with E-state index >= 15 is 0 Å². The zero-order chi connectivity index (χ0) is 19.8. The van der Waals surface area contributed by atoms with Crippen molar-refractivity contribution in [2.45, 2.75) is 31.7 Å². The maximum atomic E-state index is 13.5. The molecule has 8 heteroatoms. The van der Waals surface area contributed by atoms with Crippen LogP contribution >= 0.6 is 0 Å². The Morgan fingerprint density at radius 3 is 2.30 bits per heavy atom. The summed E-state index contributed by atoms with van der Waals surface area (Å²) in [6.45, 7) is 1.84. The lowest BCUT2D eigenvalue weighted by Gasteiger charge is -2.32. The Kier molecular flexibility index (Phi) is 4.77. The van der Waals surface area contributed by atoms with E-state index in [-0.39, 0.29) is 22.7 Å². The normalized spacial score (nSPS) is 19.9. The highest BCUT2D eigenvalue weighted by Crippen LogP contribution is 2.41. The third kappa shape index (κ3) is 3.71. The molecule has 0 radical (unpaired) electrons. The molecule has 1 N–H and O–H groups in total. The third-order valence-electron chi connectivity index (χ3n) is 4.33. The van der Waals surface area contributed by atoms with Crippen molar-refractivity contribution in [2.75, 3.05) is 0 Å². The molecule has 0 aliphatic carbocycles. The quantitative estimate of drug-likeness (QED) is 0.828. The minimum atomic E-state index is -5.11.